The van der Waals surface area contributed by atoms with Gasteiger partial charge in [0.05, 0.1) is 38.3 Å². The standard InChI is InChI=1S/C38H45N7O4.2ClH/c1-25(2)49-37-30(36(48-4)41-35(42-37)28-15-16-28)23-43-21-29-22-44(38(46)31-19-39-20-33(40-31)47-3)17-18-45(29)32(24-43)34(26-11-7-5-8-12-26)27-13-9-6-10-14-27;;/h5-14,19-20,25,28-29,32,34H,15-18,21-24H2,1-4H3;2*1H. The van der Waals surface area contributed by atoms with E-state index in [9.17, 15) is 4.79 Å². The summed E-state index contributed by atoms with van der Waals surface area (Å²) in [6.45, 7) is 8.05. The van der Waals surface area contributed by atoms with Crippen LogP contribution in [0, 0.1) is 0 Å². The molecule has 1 aliphatic carbocycles. The number of methoxy groups -OCH3 is 2. The van der Waals surface area contributed by atoms with Crippen LogP contribution >= 0.6 is 24.8 Å². The normalized spacial score (nSPS) is 19.1. The summed E-state index contributed by atoms with van der Waals surface area (Å²) in [5.41, 5.74) is 3.68. The number of hydrogen-bond acceptors (Lipinski definition) is 10. The molecule has 2 aliphatic heterocycles. The van der Waals surface area contributed by atoms with Crippen molar-refractivity contribution in [2.24, 2.45) is 0 Å². The number of fused-ring (bicyclic) bond motifs is 1. The van der Waals surface area contributed by atoms with E-state index >= 15 is 0 Å². The fraction of sp³-hybridized carbons (Fsp3) is 0.447. The maximum atomic E-state index is 13.8. The maximum absolute atomic E-state index is 13.8. The minimum Gasteiger partial charge on any atom is -0.481 e. The average molecular weight is 737 g/mol. The number of ether oxygens (including phenoxy) is 3. The molecule has 7 rings (SSSR count). The number of hydrogen-bond donors (Lipinski definition) is 0. The Morgan fingerprint density at radius 2 is 1.49 bits per heavy atom. The Kier molecular flexibility index (Phi) is 12.7. The first-order chi connectivity index (χ1) is 23.9. The van der Waals surface area contributed by atoms with Gasteiger partial charge in [-0.05, 0) is 37.8 Å². The summed E-state index contributed by atoms with van der Waals surface area (Å²) in [5.74, 6) is 2.64. The molecule has 2 unspecified atom stereocenters. The SMILES string of the molecule is COc1cncc(C(=O)N2CCN3C(CN(Cc4c(OC)nc(C5CC5)nc4OC(C)C)CC3C(c3ccccc3)c3ccccc3)C2)n1.Cl.Cl. The van der Waals surface area contributed by atoms with Crippen molar-refractivity contribution < 1.29 is 19.0 Å². The highest BCUT2D eigenvalue weighted by Gasteiger charge is 2.44. The third kappa shape index (κ3) is 8.55. The van der Waals surface area contributed by atoms with E-state index in [1.54, 1.807) is 7.11 Å². The summed E-state index contributed by atoms with van der Waals surface area (Å²) >= 11 is 0. The van der Waals surface area contributed by atoms with Crippen molar-refractivity contribution in [3.05, 3.63) is 101 Å². The second kappa shape index (κ2) is 17.0. The Labute approximate surface area is 312 Å². The van der Waals surface area contributed by atoms with Crippen LogP contribution in [0.25, 0.3) is 0 Å². The van der Waals surface area contributed by atoms with Gasteiger partial charge in [-0.25, -0.2) is 4.98 Å². The molecule has 13 heteroatoms. The number of nitrogens with zero attached hydrogens (tertiary/aromatic N) is 7. The Morgan fingerprint density at radius 1 is 0.824 bits per heavy atom. The minimum atomic E-state index is -0.138. The zero-order chi connectivity index (χ0) is 33.9. The van der Waals surface area contributed by atoms with Crippen LogP contribution in [0.15, 0.2) is 73.1 Å². The number of aromatic nitrogens is 4. The van der Waals surface area contributed by atoms with Gasteiger partial charge in [-0.2, -0.15) is 9.97 Å². The summed E-state index contributed by atoms with van der Waals surface area (Å²) in [6, 6.07) is 21.7. The molecule has 11 nitrogen and oxygen atoms in total. The van der Waals surface area contributed by atoms with Crippen LogP contribution in [0.2, 0.25) is 0 Å². The van der Waals surface area contributed by atoms with Gasteiger partial charge in [-0.3, -0.25) is 19.6 Å². The Bertz CT molecular complexity index is 1710. The first kappa shape index (κ1) is 38.2. The molecule has 1 amide bonds. The summed E-state index contributed by atoms with van der Waals surface area (Å²) < 4.78 is 17.5. The second-order valence-corrected chi connectivity index (χ2v) is 13.5. The molecular formula is C38H47Cl2N7O4. The Morgan fingerprint density at radius 3 is 2.10 bits per heavy atom. The quantitative estimate of drug-likeness (QED) is 0.192. The fourth-order valence-electron chi connectivity index (χ4n) is 7.32. The number of halogens is 2. The summed E-state index contributed by atoms with van der Waals surface area (Å²) in [5, 5.41) is 0. The molecule has 0 bridgehead atoms. The smallest absolute Gasteiger partial charge is 0.274 e. The van der Waals surface area contributed by atoms with E-state index in [1.165, 1.54) is 30.6 Å². The summed E-state index contributed by atoms with van der Waals surface area (Å²) in [4.78, 5) is 39.2. The molecule has 2 aromatic heterocycles. The van der Waals surface area contributed by atoms with E-state index in [-0.39, 0.29) is 60.5 Å². The van der Waals surface area contributed by atoms with E-state index in [0.717, 1.165) is 43.9 Å². The lowest BCUT2D eigenvalue weighted by atomic mass is 9.81. The van der Waals surface area contributed by atoms with Crippen molar-refractivity contribution >= 4 is 30.7 Å². The fourth-order valence-corrected chi connectivity index (χ4v) is 7.32. The topological polar surface area (TPSA) is 106 Å². The highest BCUT2D eigenvalue weighted by Crippen LogP contribution is 2.42. The molecule has 51 heavy (non-hydrogen) atoms. The molecule has 272 valence electrons. The van der Waals surface area contributed by atoms with Gasteiger partial charge in [-0.15, -0.1) is 24.8 Å². The molecule has 2 atom stereocenters. The molecule has 3 fully saturated rings. The first-order valence-corrected chi connectivity index (χ1v) is 17.3. The molecule has 0 radical (unpaired) electrons. The number of carbonyl (C=O) groups is 1. The van der Waals surface area contributed by atoms with Crippen LogP contribution in [0.3, 0.4) is 0 Å². The number of carbonyl (C=O) groups excluding carboxylic acids is 1. The van der Waals surface area contributed by atoms with Gasteiger partial charge >= 0.3 is 0 Å². The zero-order valence-electron chi connectivity index (χ0n) is 29.6. The highest BCUT2D eigenvalue weighted by molar-refractivity contribution is 5.92. The van der Waals surface area contributed by atoms with Crippen LogP contribution in [0.4, 0.5) is 0 Å². The van der Waals surface area contributed by atoms with Crippen LogP contribution < -0.4 is 14.2 Å². The predicted molar refractivity (Wildman–Crippen MR) is 200 cm³/mol. The van der Waals surface area contributed by atoms with Gasteiger partial charge in [0.15, 0.2) is 5.69 Å². The Balaban J connectivity index is 0.00000252. The van der Waals surface area contributed by atoms with E-state index in [2.05, 4.69) is 80.4 Å². The largest absolute Gasteiger partial charge is 0.481 e. The minimum absolute atomic E-state index is 0. The lowest BCUT2D eigenvalue weighted by molar-refractivity contribution is -0.0294. The van der Waals surface area contributed by atoms with Gasteiger partial charge in [0.1, 0.15) is 5.82 Å². The molecular weight excluding hydrogens is 689 g/mol. The van der Waals surface area contributed by atoms with E-state index in [1.807, 2.05) is 18.7 Å². The van der Waals surface area contributed by atoms with Gasteiger partial charge < -0.3 is 19.1 Å². The van der Waals surface area contributed by atoms with Gasteiger partial charge in [0, 0.05) is 63.2 Å². The zero-order valence-corrected chi connectivity index (χ0v) is 31.2. The predicted octanol–water partition coefficient (Wildman–Crippen LogP) is 5.63. The van der Waals surface area contributed by atoms with Gasteiger partial charge in [0.2, 0.25) is 17.6 Å². The average Bonchev–Trinajstić information content (AvgIpc) is 3.98. The highest BCUT2D eigenvalue weighted by atomic mass is 35.5. The van der Waals surface area contributed by atoms with Gasteiger partial charge in [0.25, 0.3) is 5.91 Å². The van der Waals surface area contributed by atoms with Crippen LogP contribution in [-0.4, -0.2) is 106 Å². The Hall–Kier alpha value is -4.03. The molecule has 1 saturated carbocycles. The van der Waals surface area contributed by atoms with Crippen molar-refractivity contribution in [1.29, 1.82) is 0 Å². The third-order valence-electron chi connectivity index (χ3n) is 9.71. The van der Waals surface area contributed by atoms with Crippen LogP contribution in [0.1, 0.15) is 71.5 Å². The third-order valence-corrected chi connectivity index (χ3v) is 9.71. The lowest BCUT2D eigenvalue weighted by Crippen LogP contribution is -2.67. The molecule has 2 aromatic carbocycles. The molecule has 3 aliphatic rings. The molecule has 0 spiro atoms. The lowest BCUT2D eigenvalue weighted by Gasteiger charge is -2.53. The number of amides is 1. The molecule has 4 aromatic rings. The number of piperazine rings is 2. The van der Waals surface area contributed by atoms with Crippen molar-refractivity contribution in [1.82, 2.24) is 34.6 Å². The van der Waals surface area contributed by atoms with Crippen molar-refractivity contribution in [3.8, 4) is 17.6 Å². The van der Waals surface area contributed by atoms with E-state index < -0.39 is 0 Å². The summed E-state index contributed by atoms with van der Waals surface area (Å²) in [7, 11) is 3.20. The van der Waals surface area contributed by atoms with Crippen LogP contribution in [0.5, 0.6) is 17.6 Å². The van der Waals surface area contributed by atoms with Gasteiger partial charge in [-0.1, -0.05) is 60.7 Å². The van der Waals surface area contributed by atoms with Crippen LogP contribution in [-0.2, 0) is 6.54 Å². The summed E-state index contributed by atoms with van der Waals surface area (Å²) in [6.07, 6.45) is 5.16. The maximum Gasteiger partial charge on any atom is 0.274 e. The molecule has 4 heterocycles. The van der Waals surface area contributed by atoms with E-state index in [4.69, 9.17) is 24.2 Å². The molecule has 0 N–H and O–H groups in total. The first-order valence-electron chi connectivity index (χ1n) is 17.3. The second-order valence-electron chi connectivity index (χ2n) is 13.5. The van der Waals surface area contributed by atoms with Crippen molar-refractivity contribution in [2.75, 3.05) is 46.9 Å². The number of rotatable bonds is 11. The number of benzene rings is 2. The van der Waals surface area contributed by atoms with Crippen molar-refractivity contribution in [2.45, 2.75) is 63.3 Å². The monoisotopic (exact) mass is 735 g/mol. The van der Waals surface area contributed by atoms with E-state index in [0.29, 0.717) is 43.2 Å². The molecule has 2 saturated heterocycles. The van der Waals surface area contributed by atoms with Crippen molar-refractivity contribution in [3.63, 3.8) is 0 Å².